The van der Waals surface area contributed by atoms with Crippen LogP contribution in [0.25, 0.3) is 0 Å². The van der Waals surface area contributed by atoms with E-state index in [2.05, 4.69) is 10.5 Å². The molecule has 0 aliphatic carbocycles. The number of carbonyl (C=O) groups excluding carboxylic acids is 1. The van der Waals surface area contributed by atoms with Crippen LogP contribution >= 0.6 is 23.2 Å². The van der Waals surface area contributed by atoms with E-state index in [4.69, 9.17) is 28.0 Å². The van der Waals surface area contributed by atoms with Crippen LogP contribution in [0.3, 0.4) is 0 Å². The highest BCUT2D eigenvalue weighted by Gasteiger charge is 2.63. The predicted molar refractivity (Wildman–Crippen MR) is 130 cm³/mol. The van der Waals surface area contributed by atoms with Gasteiger partial charge < -0.3 is 15.1 Å². The van der Waals surface area contributed by atoms with Crippen molar-refractivity contribution in [3.8, 4) is 0 Å². The molecule has 2 aromatic rings. The van der Waals surface area contributed by atoms with Gasteiger partial charge in [0.05, 0.1) is 16.5 Å². The number of aryl methyl sites for hydroxylation is 1. The molecule has 1 unspecified atom stereocenters. The lowest BCUT2D eigenvalue weighted by Gasteiger charge is -2.30. The number of nitrogens with zero attached hydrogens (tertiary/aromatic N) is 2. The lowest BCUT2D eigenvalue weighted by Crippen LogP contribution is -2.44. The SMILES string of the molecule is CCC(CC)NC(=O)c1cc2c(cc1C)CN(C1=NOC(c3cc(Cl)c(F)c(Cl)c3)(C(F)(F)F)C1)C2. The standard InChI is InChI=1S/C25H25Cl2F4N3O2/c1-4-17(5-2)32-23(35)18-7-15-12-34(11-14(15)6-13(18)3)21-10-24(36-33-21,25(29,30)31)16-8-19(26)22(28)20(27)9-16/h6-9,17H,4-5,10-12H2,1-3H3,(H,32,35). The van der Waals surface area contributed by atoms with Gasteiger partial charge in [-0.05, 0) is 54.7 Å². The number of carbonyl (C=O) groups is 1. The van der Waals surface area contributed by atoms with Crippen LogP contribution < -0.4 is 5.32 Å². The molecule has 0 saturated carbocycles. The number of oxime groups is 1. The molecule has 2 heterocycles. The molecular weight excluding hydrogens is 521 g/mol. The molecule has 2 aromatic carbocycles. The summed E-state index contributed by atoms with van der Waals surface area (Å²) in [5, 5.41) is 5.72. The van der Waals surface area contributed by atoms with E-state index in [1.165, 1.54) is 0 Å². The molecule has 1 N–H and O–H groups in total. The van der Waals surface area contributed by atoms with E-state index in [1.807, 2.05) is 26.8 Å². The smallest absolute Gasteiger partial charge is 0.372 e. The van der Waals surface area contributed by atoms with Crippen LogP contribution in [0.4, 0.5) is 17.6 Å². The normalized spacial score (nSPS) is 19.4. The summed E-state index contributed by atoms with van der Waals surface area (Å²) in [5.74, 6) is -1.10. The van der Waals surface area contributed by atoms with Crippen molar-refractivity contribution in [2.45, 2.75) is 70.9 Å². The van der Waals surface area contributed by atoms with Crippen LogP contribution in [0.2, 0.25) is 10.0 Å². The first-order valence-electron chi connectivity index (χ1n) is 11.5. The Labute approximate surface area is 216 Å². The molecule has 11 heteroatoms. The maximum absolute atomic E-state index is 14.3. The van der Waals surface area contributed by atoms with Crippen molar-refractivity contribution in [3.63, 3.8) is 0 Å². The summed E-state index contributed by atoms with van der Waals surface area (Å²) >= 11 is 11.6. The van der Waals surface area contributed by atoms with E-state index < -0.39 is 39.6 Å². The Bertz CT molecular complexity index is 1210. The lowest BCUT2D eigenvalue weighted by atomic mass is 9.89. The molecule has 0 fully saturated rings. The van der Waals surface area contributed by atoms with Gasteiger partial charge in [-0.15, -0.1) is 0 Å². The van der Waals surface area contributed by atoms with E-state index >= 15 is 0 Å². The van der Waals surface area contributed by atoms with Gasteiger partial charge >= 0.3 is 6.18 Å². The minimum absolute atomic E-state index is 0.0654. The number of nitrogens with one attached hydrogen (secondary N) is 1. The Kier molecular flexibility index (Phi) is 7.18. The highest BCUT2D eigenvalue weighted by molar-refractivity contribution is 6.35. The van der Waals surface area contributed by atoms with Crippen LogP contribution in [0, 0.1) is 12.7 Å². The number of amidine groups is 1. The van der Waals surface area contributed by atoms with Gasteiger partial charge in [-0.3, -0.25) is 4.79 Å². The first kappa shape index (κ1) is 26.5. The summed E-state index contributed by atoms with van der Waals surface area (Å²) in [7, 11) is 0. The van der Waals surface area contributed by atoms with Crippen LogP contribution in [-0.4, -0.2) is 28.9 Å². The number of amides is 1. The van der Waals surface area contributed by atoms with Gasteiger partial charge in [0.25, 0.3) is 11.5 Å². The van der Waals surface area contributed by atoms with E-state index in [0.717, 1.165) is 41.7 Å². The Morgan fingerprint density at radius 3 is 2.28 bits per heavy atom. The van der Waals surface area contributed by atoms with Gasteiger partial charge in [0.2, 0.25) is 0 Å². The van der Waals surface area contributed by atoms with Gasteiger partial charge in [-0.1, -0.05) is 48.3 Å². The van der Waals surface area contributed by atoms with E-state index in [1.54, 1.807) is 11.0 Å². The van der Waals surface area contributed by atoms with Crippen molar-refractivity contribution in [2.24, 2.45) is 5.16 Å². The van der Waals surface area contributed by atoms with E-state index in [-0.39, 0.29) is 24.3 Å². The number of fused-ring (bicyclic) bond motifs is 1. The number of rotatable bonds is 5. The van der Waals surface area contributed by atoms with Gasteiger partial charge in [-0.2, -0.15) is 13.2 Å². The fourth-order valence-electron chi connectivity index (χ4n) is 4.60. The molecule has 0 radical (unpaired) electrons. The molecule has 0 aromatic heterocycles. The van der Waals surface area contributed by atoms with Crippen molar-refractivity contribution in [3.05, 3.63) is 67.9 Å². The lowest BCUT2D eigenvalue weighted by molar-refractivity contribution is -0.275. The largest absolute Gasteiger partial charge is 0.435 e. The highest BCUT2D eigenvalue weighted by Crippen LogP contribution is 2.50. The molecular formula is C25H25Cl2F4N3O2. The molecule has 0 spiro atoms. The third-order valence-electron chi connectivity index (χ3n) is 6.82. The quantitative estimate of drug-likeness (QED) is 0.329. The Morgan fingerprint density at radius 2 is 1.72 bits per heavy atom. The van der Waals surface area contributed by atoms with Gasteiger partial charge in [-0.25, -0.2) is 4.39 Å². The molecule has 1 atom stereocenters. The van der Waals surface area contributed by atoms with Gasteiger partial charge in [0.15, 0.2) is 5.82 Å². The van der Waals surface area contributed by atoms with Crippen molar-refractivity contribution in [1.82, 2.24) is 10.2 Å². The number of alkyl halides is 3. The molecule has 5 nitrogen and oxygen atoms in total. The summed E-state index contributed by atoms with van der Waals surface area (Å²) in [6.07, 6.45) is -3.90. The van der Waals surface area contributed by atoms with Crippen LogP contribution in [0.1, 0.15) is 65.7 Å². The van der Waals surface area contributed by atoms with Crippen molar-refractivity contribution in [1.29, 1.82) is 0 Å². The average molecular weight is 546 g/mol. The average Bonchev–Trinajstić information content (AvgIpc) is 3.44. The monoisotopic (exact) mass is 545 g/mol. The van der Waals surface area contributed by atoms with Crippen LogP contribution in [0.15, 0.2) is 29.4 Å². The Morgan fingerprint density at radius 1 is 1.14 bits per heavy atom. The zero-order valence-corrected chi connectivity index (χ0v) is 21.4. The van der Waals surface area contributed by atoms with E-state index in [0.29, 0.717) is 12.1 Å². The third-order valence-corrected chi connectivity index (χ3v) is 7.37. The van der Waals surface area contributed by atoms with Crippen molar-refractivity contribution >= 4 is 34.9 Å². The summed E-state index contributed by atoms with van der Waals surface area (Å²) in [5.41, 5.74) is -0.245. The second-order valence-electron chi connectivity index (χ2n) is 9.13. The summed E-state index contributed by atoms with van der Waals surface area (Å²) in [6.45, 7) is 6.41. The number of hydrogen-bond donors (Lipinski definition) is 1. The maximum Gasteiger partial charge on any atom is 0.435 e. The molecule has 2 aliphatic rings. The zero-order valence-electron chi connectivity index (χ0n) is 19.9. The predicted octanol–water partition coefficient (Wildman–Crippen LogP) is 6.87. The van der Waals surface area contributed by atoms with Crippen LogP contribution in [0.5, 0.6) is 0 Å². The third kappa shape index (κ3) is 4.63. The fourth-order valence-corrected chi connectivity index (χ4v) is 5.09. The minimum atomic E-state index is -4.88. The first-order valence-corrected chi connectivity index (χ1v) is 12.3. The van der Waals surface area contributed by atoms with Gasteiger partial charge in [0, 0.05) is 30.3 Å². The molecule has 4 rings (SSSR count). The van der Waals surface area contributed by atoms with Gasteiger partial charge in [0.1, 0.15) is 5.84 Å². The Hall–Kier alpha value is -2.52. The number of hydrogen-bond acceptors (Lipinski definition) is 4. The number of halogens is 6. The fraction of sp³-hybridized carbons (Fsp3) is 0.440. The van der Waals surface area contributed by atoms with Crippen LogP contribution in [-0.2, 0) is 23.5 Å². The second kappa shape index (κ2) is 9.74. The highest BCUT2D eigenvalue weighted by atomic mass is 35.5. The zero-order chi connectivity index (χ0) is 26.4. The first-order chi connectivity index (χ1) is 16.9. The molecule has 194 valence electrons. The second-order valence-corrected chi connectivity index (χ2v) is 9.95. The number of benzene rings is 2. The maximum atomic E-state index is 14.3. The summed E-state index contributed by atoms with van der Waals surface area (Å²) < 4.78 is 56.8. The molecule has 0 bridgehead atoms. The van der Waals surface area contributed by atoms with E-state index in [9.17, 15) is 22.4 Å². The molecule has 0 saturated heterocycles. The summed E-state index contributed by atoms with van der Waals surface area (Å²) in [4.78, 5) is 19.5. The van der Waals surface area contributed by atoms with Crippen molar-refractivity contribution in [2.75, 3.05) is 0 Å². The molecule has 2 aliphatic heterocycles. The Balaban J connectivity index is 1.58. The minimum Gasteiger partial charge on any atom is -0.372 e. The topological polar surface area (TPSA) is 53.9 Å². The summed E-state index contributed by atoms with van der Waals surface area (Å²) in [6, 6.07) is 5.46. The van der Waals surface area contributed by atoms with Crippen molar-refractivity contribution < 1.29 is 27.2 Å². The molecule has 1 amide bonds. The molecule has 36 heavy (non-hydrogen) atoms.